The number of anilines is 4. The summed E-state index contributed by atoms with van der Waals surface area (Å²) in [5.74, 6) is 0.546. The zero-order valence-corrected chi connectivity index (χ0v) is 22.4. The molecule has 198 valence electrons. The van der Waals surface area contributed by atoms with Crippen LogP contribution in [0.2, 0.25) is 0 Å². The fourth-order valence-electron chi connectivity index (χ4n) is 4.18. The molecule has 10 nitrogen and oxygen atoms in total. The summed E-state index contributed by atoms with van der Waals surface area (Å²) >= 11 is 0. The third-order valence-electron chi connectivity index (χ3n) is 6.22. The maximum absolute atomic E-state index is 12.2. The first-order chi connectivity index (χ1) is 18.1. The van der Waals surface area contributed by atoms with Crippen molar-refractivity contribution in [1.29, 1.82) is 0 Å². The van der Waals surface area contributed by atoms with Crippen molar-refractivity contribution in [3.63, 3.8) is 0 Å². The Bertz CT molecular complexity index is 1470. The van der Waals surface area contributed by atoms with Gasteiger partial charge in [0.2, 0.25) is 11.9 Å². The van der Waals surface area contributed by atoms with E-state index in [1.165, 1.54) is 6.08 Å². The van der Waals surface area contributed by atoms with Crippen LogP contribution in [0.3, 0.4) is 0 Å². The number of ether oxygens (including phenoxy) is 1. The van der Waals surface area contributed by atoms with Gasteiger partial charge in [0.05, 0.1) is 57.1 Å². The number of carbonyl (C=O) groups is 1. The average molecular weight is 516 g/mol. The van der Waals surface area contributed by atoms with Crippen molar-refractivity contribution in [3.05, 3.63) is 72.7 Å². The maximum Gasteiger partial charge on any atom is 0.247 e. The molecule has 2 N–H and O–H groups in total. The predicted octanol–water partition coefficient (Wildman–Crippen LogP) is 4.52. The lowest BCUT2D eigenvalue weighted by atomic mass is 10.1. The van der Waals surface area contributed by atoms with Crippen LogP contribution in [0.25, 0.3) is 22.2 Å². The zero-order chi connectivity index (χ0) is 27.4. The highest BCUT2D eigenvalue weighted by Gasteiger charge is 2.18. The Morgan fingerprint density at radius 2 is 2.00 bits per heavy atom. The van der Waals surface area contributed by atoms with Crippen molar-refractivity contribution >= 4 is 39.8 Å². The lowest BCUT2D eigenvalue weighted by molar-refractivity contribution is -0.838. The number of amides is 1. The molecular formula is C28H33N7O3. The molecule has 4 rings (SSSR count). The number of likely N-dealkylation sites (N-methyl/N-ethyl adjacent to an activating group) is 2. The molecular weight excluding hydrogens is 482 g/mol. The highest BCUT2D eigenvalue weighted by molar-refractivity contribution is 6.02. The van der Waals surface area contributed by atoms with Gasteiger partial charge in [0.1, 0.15) is 5.75 Å². The van der Waals surface area contributed by atoms with E-state index in [1.807, 2.05) is 43.4 Å². The number of para-hydroxylation sites is 1. The minimum Gasteiger partial charge on any atom is -0.633 e. The van der Waals surface area contributed by atoms with Crippen LogP contribution < -0.4 is 20.3 Å². The van der Waals surface area contributed by atoms with Crippen LogP contribution in [0, 0.1) is 5.21 Å². The summed E-state index contributed by atoms with van der Waals surface area (Å²) in [5, 5.41) is 19.3. The van der Waals surface area contributed by atoms with Gasteiger partial charge in [-0.1, -0.05) is 24.8 Å². The molecule has 2 heterocycles. The Morgan fingerprint density at radius 3 is 2.71 bits per heavy atom. The molecule has 10 heteroatoms. The van der Waals surface area contributed by atoms with Gasteiger partial charge in [-0.15, -0.1) is 0 Å². The first kappa shape index (κ1) is 26.6. The Labute approximate surface area is 222 Å². The zero-order valence-electron chi connectivity index (χ0n) is 22.4. The van der Waals surface area contributed by atoms with Crippen LogP contribution >= 0.6 is 0 Å². The van der Waals surface area contributed by atoms with E-state index in [-0.39, 0.29) is 5.91 Å². The summed E-state index contributed by atoms with van der Waals surface area (Å²) in [6.45, 7) is 4.39. The molecule has 2 aromatic carbocycles. The number of nitrogens with one attached hydrogen (secondary N) is 2. The molecule has 0 bridgehead atoms. The van der Waals surface area contributed by atoms with E-state index < -0.39 is 4.65 Å². The monoisotopic (exact) mass is 515 g/mol. The Balaban J connectivity index is 1.70. The largest absolute Gasteiger partial charge is 0.633 e. The topological polar surface area (TPSA) is 107 Å². The van der Waals surface area contributed by atoms with Gasteiger partial charge >= 0.3 is 0 Å². The van der Waals surface area contributed by atoms with E-state index in [9.17, 15) is 10.0 Å². The number of hydrogen-bond donors (Lipinski definition) is 2. The van der Waals surface area contributed by atoms with Crippen molar-refractivity contribution in [2.75, 3.05) is 56.9 Å². The van der Waals surface area contributed by atoms with E-state index in [4.69, 9.17) is 9.72 Å². The van der Waals surface area contributed by atoms with Crippen LogP contribution in [0.4, 0.5) is 23.0 Å². The van der Waals surface area contributed by atoms with Crippen molar-refractivity contribution in [1.82, 2.24) is 14.5 Å². The molecule has 0 radical (unpaired) electrons. The number of nitrogens with zero attached hydrogens (tertiary/aromatic N) is 5. The Kier molecular flexibility index (Phi) is 7.65. The highest BCUT2D eigenvalue weighted by atomic mass is 16.5. The molecule has 38 heavy (non-hydrogen) atoms. The van der Waals surface area contributed by atoms with Gasteiger partial charge < -0.3 is 34.7 Å². The van der Waals surface area contributed by atoms with Crippen LogP contribution in [-0.4, -0.2) is 66.4 Å². The number of hydroxylamine groups is 3. The second-order valence-electron chi connectivity index (χ2n) is 9.54. The summed E-state index contributed by atoms with van der Waals surface area (Å²) in [4.78, 5) is 23.3. The van der Waals surface area contributed by atoms with Crippen LogP contribution in [0.15, 0.2) is 67.5 Å². The number of quaternary nitrogens is 1. The summed E-state index contributed by atoms with van der Waals surface area (Å²) in [5.41, 5.74) is 4.67. The van der Waals surface area contributed by atoms with Gasteiger partial charge in [0.15, 0.2) is 0 Å². The van der Waals surface area contributed by atoms with E-state index in [1.54, 1.807) is 39.5 Å². The summed E-state index contributed by atoms with van der Waals surface area (Å²) in [6, 6.07) is 13.6. The normalized spacial score (nSPS) is 11.3. The summed E-state index contributed by atoms with van der Waals surface area (Å²) < 4.78 is 7.31. The molecule has 2 aromatic heterocycles. The van der Waals surface area contributed by atoms with Gasteiger partial charge in [-0.3, -0.25) is 4.79 Å². The molecule has 0 spiro atoms. The second-order valence-corrected chi connectivity index (χ2v) is 9.54. The number of hydrogen-bond acceptors (Lipinski definition) is 7. The average Bonchev–Trinajstić information content (AvgIpc) is 3.23. The minimum absolute atomic E-state index is 0.357. The molecule has 0 saturated heterocycles. The standard InChI is InChI=1S/C28H33N7O3/c1-7-27(36)30-22-16-23(26(38-6)17-25(22)33(2)14-15-35(4,5)37)32-28-29-13-12-21(31-28)20-18-34(3)24-11-9-8-10-19(20)24/h7-13,16-18H,1,14-15H2,2-6H3,(H,30,36)(H,29,31,32). The van der Waals surface area contributed by atoms with Crippen LogP contribution in [-0.2, 0) is 11.8 Å². The number of aromatic nitrogens is 3. The van der Waals surface area contributed by atoms with E-state index >= 15 is 0 Å². The Hall–Kier alpha value is -4.41. The van der Waals surface area contributed by atoms with Gasteiger partial charge in [0.25, 0.3) is 0 Å². The summed E-state index contributed by atoms with van der Waals surface area (Å²) in [7, 11) is 8.61. The van der Waals surface area contributed by atoms with Crippen molar-refractivity contribution in [2.24, 2.45) is 7.05 Å². The molecule has 0 aliphatic rings. The minimum atomic E-state index is -0.431. The van der Waals surface area contributed by atoms with Crippen molar-refractivity contribution < 1.29 is 14.2 Å². The third-order valence-corrected chi connectivity index (χ3v) is 6.22. The maximum atomic E-state index is 12.2. The number of aryl methyl sites for hydroxylation is 1. The number of methoxy groups -OCH3 is 1. The van der Waals surface area contributed by atoms with Crippen LogP contribution in [0.1, 0.15) is 0 Å². The molecule has 0 fully saturated rings. The van der Waals surface area contributed by atoms with Crippen LogP contribution in [0.5, 0.6) is 5.75 Å². The Morgan fingerprint density at radius 1 is 1.24 bits per heavy atom. The fraction of sp³-hybridized carbons (Fsp3) is 0.250. The first-order valence-electron chi connectivity index (χ1n) is 12.1. The number of carbonyl (C=O) groups excluding carboxylic acids is 1. The van der Waals surface area contributed by atoms with E-state index in [2.05, 4.69) is 38.9 Å². The smallest absolute Gasteiger partial charge is 0.247 e. The second kappa shape index (κ2) is 10.9. The lowest BCUT2D eigenvalue weighted by Gasteiger charge is -2.36. The number of benzene rings is 2. The van der Waals surface area contributed by atoms with Crippen molar-refractivity contribution in [3.8, 4) is 17.0 Å². The number of fused-ring (bicyclic) bond motifs is 1. The molecule has 0 unspecified atom stereocenters. The third kappa shape index (κ3) is 5.93. The van der Waals surface area contributed by atoms with E-state index in [0.717, 1.165) is 22.2 Å². The van der Waals surface area contributed by atoms with Gasteiger partial charge in [-0.25, -0.2) is 9.97 Å². The van der Waals surface area contributed by atoms with Gasteiger partial charge in [-0.2, -0.15) is 0 Å². The van der Waals surface area contributed by atoms with E-state index in [0.29, 0.717) is 41.8 Å². The molecule has 1 amide bonds. The first-order valence-corrected chi connectivity index (χ1v) is 12.1. The predicted molar refractivity (Wildman–Crippen MR) is 153 cm³/mol. The summed E-state index contributed by atoms with van der Waals surface area (Å²) in [6.07, 6.45) is 4.95. The lowest BCUT2D eigenvalue weighted by Crippen LogP contribution is -2.39. The fourth-order valence-corrected chi connectivity index (χ4v) is 4.18. The van der Waals surface area contributed by atoms with Gasteiger partial charge in [-0.05, 0) is 24.3 Å². The van der Waals surface area contributed by atoms with Crippen molar-refractivity contribution in [2.45, 2.75) is 0 Å². The quantitative estimate of drug-likeness (QED) is 0.182. The number of rotatable bonds is 10. The molecule has 0 aliphatic heterocycles. The highest BCUT2D eigenvalue weighted by Crippen LogP contribution is 2.38. The molecule has 0 atom stereocenters. The molecule has 0 aliphatic carbocycles. The molecule has 4 aromatic rings. The van der Waals surface area contributed by atoms with Gasteiger partial charge in [0, 0.05) is 49.0 Å². The SMILES string of the molecule is C=CC(=O)Nc1cc(Nc2nccc(-c3cn(C)c4ccccc34)n2)c(OC)cc1N(C)CC[N+](C)(C)[O-]. The molecule has 0 saturated carbocycles.